The minimum absolute atomic E-state index is 0. The maximum absolute atomic E-state index is 11.7. The molecule has 7 heteroatoms. The van der Waals surface area contributed by atoms with E-state index in [4.69, 9.17) is 4.99 Å². The monoisotopic (exact) mass is 525 g/mol. The predicted molar refractivity (Wildman–Crippen MR) is 128 cm³/mol. The Morgan fingerprint density at radius 2 is 1.54 bits per heavy atom. The third-order valence-corrected chi connectivity index (χ3v) is 8.26. The van der Waals surface area contributed by atoms with Gasteiger partial charge in [-0.2, -0.15) is 0 Å². The fourth-order valence-corrected chi connectivity index (χ4v) is 7.62. The summed E-state index contributed by atoms with van der Waals surface area (Å²) in [4.78, 5) is 4.85. The summed E-state index contributed by atoms with van der Waals surface area (Å²) in [6.07, 6.45) is 9.30. The zero-order valence-electron chi connectivity index (χ0n) is 18.1. The van der Waals surface area contributed by atoms with E-state index in [0.717, 1.165) is 25.2 Å². The molecule has 1 saturated heterocycles. The van der Waals surface area contributed by atoms with Gasteiger partial charge in [0.2, 0.25) is 0 Å². The summed E-state index contributed by atoms with van der Waals surface area (Å²) in [7, 11) is -2.83. The van der Waals surface area contributed by atoms with Gasteiger partial charge in [0, 0.05) is 18.6 Å². The molecule has 1 atom stereocenters. The van der Waals surface area contributed by atoms with Gasteiger partial charge in [-0.25, -0.2) is 8.42 Å². The highest BCUT2D eigenvalue weighted by atomic mass is 127. The average molecular weight is 526 g/mol. The molecule has 2 aliphatic carbocycles. The van der Waals surface area contributed by atoms with Crippen LogP contribution in [0.4, 0.5) is 0 Å². The molecule has 0 amide bonds. The maximum atomic E-state index is 11.7. The Balaban J connectivity index is 0.00000280. The van der Waals surface area contributed by atoms with Crippen LogP contribution < -0.4 is 10.6 Å². The number of hydrogen-bond acceptors (Lipinski definition) is 3. The third kappa shape index (κ3) is 7.33. The van der Waals surface area contributed by atoms with E-state index in [9.17, 15) is 8.42 Å². The molecular formula is C21H40IN3O2S. The molecule has 0 aromatic rings. The van der Waals surface area contributed by atoms with Crippen molar-refractivity contribution < 1.29 is 8.42 Å². The standard InChI is InChI=1S/C21H39N3O2S.HI/c1-20(2)11-18(12-21(3,4)15-20)24-19(23-17-7-5-6-8-17)22-13-16-9-10-27(25,26)14-16;/h16-18H,5-15H2,1-4H3,(H2,22,23,24);1H. The Morgan fingerprint density at radius 3 is 2.07 bits per heavy atom. The van der Waals surface area contributed by atoms with E-state index in [1.165, 1.54) is 32.1 Å². The molecule has 0 spiro atoms. The van der Waals surface area contributed by atoms with Crippen molar-refractivity contribution >= 4 is 39.8 Å². The lowest BCUT2D eigenvalue weighted by Crippen LogP contribution is -2.51. The highest BCUT2D eigenvalue weighted by molar-refractivity contribution is 14.0. The van der Waals surface area contributed by atoms with Crippen molar-refractivity contribution in [1.82, 2.24) is 10.6 Å². The van der Waals surface area contributed by atoms with Gasteiger partial charge in [0.15, 0.2) is 15.8 Å². The molecule has 5 nitrogen and oxygen atoms in total. The molecule has 3 fully saturated rings. The van der Waals surface area contributed by atoms with E-state index in [-0.39, 0.29) is 29.9 Å². The average Bonchev–Trinajstić information content (AvgIpc) is 3.10. The number of guanidine groups is 1. The number of halogens is 1. The van der Waals surface area contributed by atoms with E-state index in [1.54, 1.807) is 0 Å². The predicted octanol–water partition coefficient (Wildman–Crippen LogP) is 4.12. The first kappa shape index (κ1) is 24.2. The number of nitrogens with zero attached hydrogens (tertiary/aromatic N) is 1. The number of hydrogen-bond donors (Lipinski definition) is 2. The Morgan fingerprint density at radius 1 is 0.964 bits per heavy atom. The lowest BCUT2D eigenvalue weighted by Gasteiger charge is -2.45. The first-order chi connectivity index (χ1) is 12.5. The number of nitrogens with one attached hydrogen (secondary N) is 2. The number of rotatable bonds is 4. The molecule has 3 aliphatic rings. The van der Waals surface area contributed by atoms with Gasteiger partial charge in [0.05, 0.1) is 11.5 Å². The smallest absolute Gasteiger partial charge is 0.191 e. The Kier molecular flexibility index (Phi) is 8.13. The van der Waals surface area contributed by atoms with Crippen LogP contribution in [0.15, 0.2) is 4.99 Å². The van der Waals surface area contributed by atoms with Gasteiger partial charge in [-0.15, -0.1) is 24.0 Å². The van der Waals surface area contributed by atoms with Crippen LogP contribution in [-0.4, -0.2) is 44.5 Å². The van der Waals surface area contributed by atoms with Crippen LogP contribution in [0.25, 0.3) is 0 Å². The van der Waals surface area contributed by atoms with Crippen molar-refractivity contribution in [3.8, 4) is 0 Å². The largest absolute Gasteiger partial charge is 0.354 e. The summed E-state index contributed by atoms with van der Waals surface area (Å²) >= 11 is 0. The van der Waals surface area contributed by atoms with Crippen molar-refractivity contribution in [2.45, 2.75) is 91.1 Å². The lowest BCUT2D eigenvalue weighted by molar-refractivity contribution is 0.0917. The minimum Gasteiger partial charge on any atom is -0.354 e. The van der Waals surface area contributed by atoms with Crippen LogP contribution in [0.3, 0.4) is 0 Å². The van der Waals surface area contributed by atoms with Crippen LogP contribution >= 0.6 is 24.0 Å². The van der Waals surface area contributed by atoms with Gasteiger partial charge in [0.1, 0.15) is 0 Å². The first-order valence-electron chi connectivity index (χ1n) is 10.8. The highest BCUT2D eigenvalue weighted by Gasteiger charge is 2.39. The first-order valence-corrected chi connectivity index (χ1v) is 12.6. The molecular weight excluding hydrogens is 485 g/mol. The van der Waals surface area contributed by atoms with Crippen LogP contribution in [0.1, 0.15) is 79.1 Å². The van der Waals surface area contributed by atoms with Crippen molar-refractivity contribution in [2.75, 3.05) is 18.1 Å². The van der Waals surface area contributed by atoms with Crippen molar-refractivity contribution in [1.29, 1.82) is 0 Å². The summed E-state index contributed by atoms with van der Waals surface area (Å²) < 4.78 is 23.5. The number of aliphatic imine (C=N–C) groups is 1. The zero-order valence-corrected chi connectivity index (χ0v) is 21.2. The molecule has 1 aliphatic heterocycles. The van der Waals surface area contributed by atoms with Gasteiger partial charge in [-0.1, -0.05) is 40.5 Å². The second kappa shape index (κ2) is 9.40. The molecule has 0 aromatic carbocycles. The molecule has 2 N–H and O–H groups in total. The fraction of sp³-hybridized carbons (Fsp3) is 0.952. The van der Waals surface area contributed by atoms with Crippen molar-refractivity contribution in [3.63, 3.8) is 0 Å². The summed E-state index contributed by atoms with van der Waals surface area (Å²) in [5.41, 5.74) is 0.662. The van der Waals surface area contributed by atoms with Crippen LogP contribution in [-0.2, 0) is 9.84 Å². The van der Waals surface area contributed by atoms with Crippen molar-refractivity contribution in [2.24, 2.45) is 21.7 Å². The van der Waals surface area contributed by atoms with Gasteiger partial charge in [-0.05, 0) is 55.3 Å². The molecule has 2 saturated carbocycles. The molecule has 0 radical (unpaired) electrons. The summed E-state index contributed by atoms with van der Waals surface area (Å²) in [5.74, 6) is 1.72. The quantitative estimate of drug-likeness (QED) is 0.329. The van der Waals surface area contributed by atoms with E-state index >= 15 is 0 Å². The van der Waals surface area contributed by atoms with Gasteiger partial charge in [-0.3, -0.25) is 4.99 Å². The zero-order chi connectivity index (χ0) is 19.7. The highest BCUT2D eigenvalue weighted by Crippen LogP contribution is 2.45. The van der Waals surface area contributed by atoms with E-state index in [2.05, 4.69) is 38.3 Å². The molecule has 1 heterocycles. The summed E-state index contributed by atoms with van der Waals surface area (Å²) in [5, 5.41) is 7.38. The Hall–Kier alpha value is -0.0500. The SMILES string of the molecule is CC1(C)CC(NC(=NCC2CCS(=O)(=O)C2)NC2CCCC2)CC(C)(C)C1.I. The fourth-order valence-electron chi connectivity index (χ4n) is 5.77. The molecule has 164 valence electrons. The topological polar surface area (TPSA) is 70.6 Å². The molecule has 0 bridgehead atoms. The van der Waals surface area contributed by atoms with Crippen LogP contribution in [0.5, 0.6) is 0 Å². The van der Waals surface area contributed by atoms with E-state index in [0.29, 0.717) is 41.0 Å². The summed E-state index contributed by atoms with van der Waals surface area (Å²) in [6.45, 7) is 10.1. The maximum Gasteiger partial charge on any atom is 0.191 e. The lowest BCUT2D eigenvalue weighted by atomic mass is 9.63. The molecule has 1 unspecified atom stereocenters. The normalized spacial score (nSPS) is 30.0. The third-order valence-electron chi connectivity index (χ3n) is 6.43. The minimum atomic E-state index is -2.83. The van der Waals surface area contributed by atoms with Crippen LogP contribution in [0.2, 0.25) is 0 Å². The van der Waals surface area contributed by atoms with E-state index < -0.39 is 9.84 Å². The number of sulfone groups is 1. The second-order valence-electron chi connectivity index (χ2n) is 10.8. The molecule has 28 heavy (non-hydrogen) atoms. The Bertz CT molecular complexity index is 639. The van der Waals surface area contributed by atoms with Crippen LogP contribution in [0, 0.1) is 16.7 Å². The van der Waals surface area contributed by atoms with Gasteiger partial charge >= 0.3 is 0 Å². The molecule has 3 rings (SSSR count). The molecule has 0 aromatic heterocycles. The van der Waals surface area contributed by atoms with Gasteiger partial charge in [0.25, 0.3) is 0 Å². The second-order valence-corrected chi connectivity index (χ2v) is 13.1. The van der Waals surface area contributed by atoms with E-state index in [1.807, 2.05) is 0 Å². The Labute approximate surface area is 189 Å². The van der Waals surface area contributed by atoms with Gasteiger partial charge < -0.3 is 10.6 Å². The summed E-state index contributed by atoms with van der Waals surface area (Å²) in [6, 6.07) is 0.928. The van der Waals surface area contributed by atoms with Crippen molar-refractivity contribution in [3.05, 3.63) is 0 Å².